The van der Waals surface area contributed by atoms with Crippen LogP contribution in [0.25, 0.3) is 0 Å². The van der Waals surface area contributed by atoms with Crippen molar-refractivity contribution in [3.05, 3.63) is 11.0 Å². The highest BCUT2D eigenvalue weighted by molar-refractivity contribution is 8.18. The van der Waals surface area contributed by atoms with Crippen molar-refractivity contribution in [1.82, 2.24) is 10.2 Å². The SMILES string of the molecule is O=C1NC(=O)/C(=C\C(=O)N2CCCCC2)S1. The van der Waals surface area contributed by atoms with Crippen LogP contribution < -0.4 is 5.32 Å². The third kappa shape index (κ3) is 2.44. The van der Waals surface area contributed by atoms with Crippen molar-refractivity contribution in [3.8, 4) is 0 Å². The van der Waals surface area contributed by atoms with Gasteiger partial charge in [-0.1, -0.05) is 0 Å². The fourth-order valence-electron chi connectivity index (χ4n) is 1.74. The Morgan fingerprint density at radius 2 is 1.94 bits per heavy atom. The number of piperidine rings is 1. The molecule has 0 radical (unpaired) electrons. The van der Waals surface area contributed by atoms with Gasteiger partial charge < -0.3 is 4.90 Å². The average molecular weight is 240 g/mol. The molecule has 0 unspecified atom stereocenters. The smallest absolute Gasteiger partial charge is 0.290 e. The number of nitrogens with one attached hydrogen (secondary N) is 1. The van der Waals surface area contributed by atoms with Crippen molar-refractivity contribution < 1.29 is 14.4 Å². The second-order valence-corrected chi connectivity index (χ2v) is 4.75. The van der Waals surface area contributed by atoms with Gasteiger partial charge in [0, 0.05) is 19.2 Å². The van der Waals surface area contributed by atoms with Crippen LogP contribution in [0.2, 0.25) is 0 Å². The number of likely N-dealkylation sites (tertiary alicyclic amines) is 1. The van der Waals surface area contributed by atoms with E-state index in [2.05, 4.69) is 5.32 Å². The Morgan fingerprint density at radius 3 is 2.50 bits per heavy atom. The summed E-state index contributed by atoms with van der Waals surface area (Å²) < 4.78 is 0. The Balaban J connectivity index is 2.02. The highest BCUT2D eigenvalue weighted by Gasteiger charge is 2.27. The van der Waals surface area contributed by atoms with Gasteiger partial charge in [-0.25, -0.2) is 0 Å². The van der Waals surface area contributed by atoms with Gasteiger partial charge >= 0.3 is 0 Å². The lowest BCUT2D eigenvalue weighted by atomic mass is 10.1. The van der Waals surface area contributed by atoms with Gasteiger partial charge in [0.1, 0.15) is 0 Å². The average Bonchev–Trinajstić information content (AvgIpc) is 2.59. The summed E-state index contributed by atoms with van der Waals surface area (Å²) in [6, 6.07) is 0. The molecule has 1 N–H and O–H groups in total. The number of rotatable bonds is 1. The van der Waals surface area contributed by atoms with Gasteiger partial charge in [0.2, 0.25) is 5.91 Å². The third-order valence-electron chi connectivity index (χ3n) is 2.56. The van der Waals surface area contributed by atoms with E-state index in [9.17, 15) is 14.4 Å². The van der Waals surface area contributed by atoms with Gasteiger partial charge in [-0.15, -0.1) is 0 Å². The molecule has 6 heteroatoms. The van der Waals surface area contributed by atoms with Crippen LogP contribution >= 0.6 is 11.8 Å². The second-order valence-electron chi connectivity index (χ2n) is 3.74. The maximum atomic E-state index is 11.8. The lowest BCUT2D eigenvalue weighted by Gasteiger charge is -2.25. The number of amides is 3. The first kappa shape index (κ1) is 11.2. The molecule has 2 heterocycles. The lowest BCUT2D eigenvalue weighted by Crippen LogP contribution is -2.34. The van der Waals surface area contributed by atoms with Crippen molar-refractivity contribution in [1.29, 1.82) is 0 Å². The van der Waals surface area contributed by atoms with Crippen LogP contribution in [0.15, 0.2) is 11.0 Å². The highest BCUT2D eigenvalue weighted by Crippen LogP contribution is 2.23. The number of hydrogen-bond donors (Lipinski definition) is 1. The lowest BCUT2D eigenvalue weighted by molar-refractivity contribution is -0.127. The van der Waals surface area contributed by atoms with Crippen LogP contribution in [-0.2, 0) is 9.59 Å². The zero-order chi connectivity index (χ0) is 11.5. The van der Waals surface area contributed by atoms with E-state index < -0.39 is 11.1 Å². The van der Waals surface area contributed by atoms with E-state index in [-0.39, 0.29) is 10.8 Å². The first-order valence-electron chi connectivity index (χ1n) is 5.20. The van der Waals surface area contributed by atoms with E-state index in [1.807, 2.05) is 0 Å². The summed E-state index contributed by atoms with van der Waals surface area (Å²) in [4.78, 5) is 35.8. The van der Waals surface area contributed by atoms with Crippen molar-refractivity contribution >= 4 is 28.8 Å². The van der Waals surface area contributed by atoms with Crippen LogP contribution in [0.1, 0.15) is 19.3 Å². The molecular formula is C10H12N2O3S. The largest absolute Gasteiger partial charge is 0.339 e. The van der Waals surface area contributed by atoms with Crippen molar-refractivity contribution in [2.75, 3.05) is 13.1 Å². The van der Waals surface area contributed by atoms with Gasteiger partial charge in [-0.05, 0) is 31.0 Å². The Hall–Kier alpha value is -1.30. The minimum absolute atomic E-state index is 0.174. The van der Waals surface area contributed by atoms with Gasteiger partial charge in [-0.3, -0.25) is 19.7 Å². The van der Waals surface area contributed by atoms with Gasteiger partial charge in [0.15, 0.2) is 0 Å². The van der Waals surface area contributed by atoms with Crippen LogP contribution in [0.3, 0.4) is 0 Å². The number of carbonyl (C=O) groups excluding carboxylic acids is 3. The Kier molecular flexibility index (Phi) is 3.28. The van der Waals surface area contributed by atoms with Crippen LogP contribution in [0.5, 0.6) is 0 Å². The maximum Gasteiger partial charge on any atom is 0.290 e. The van der Waals surface area contributed by atoms with Crippen LogP contribution in [-0.4, -0.2) is 35.0 Å². The fourth-order valence-corrected chi connectivity index (χ4v) is 2.39. The minimum atomic E-state index is -0.472. The summed E-state index contributed by atoms with van der Waals surface area (Å²) in [7, 11) is 0. The zero-order valence-corrected chi connectivity index (χ0v) is 9.51. The van der Waals surface area contributed by atoms with E-state index in [1.54, 1.807) is 4.90 Å². The Bertz CT molecular complexity index is 372. The molecular weight excluding hydrogens is 228 g/mol. The van der Waals surface area contributed by atoms with Gasteiger partial charge in [-0.2, -0.15) is 0 Å². The second kappa shape index (κ2) is 4.69. The van der Waals surface area contributed by atoms with Gasteiger partial charge in [0.25, 0.3) is 11.1 Å². The summed E-state index contributed by atoms with van der Waals surface area (Å²) in [5.74, 6) is -0.646. The molecule has 16 heavy (non-hydrogen) atoms. The van der Waals surface area contributed by atoms with Crippen LogP contribution in [0.4, 0.5) is 4.79 Å². The van der Waals surface area contributed by atoms with Crippen molar-refractivity contribution in [2.45, 2.75) is 19.3 Å². The molecule has 0 aromatic rings. The fraction of sp³-hybridized carbons (Fsp3) is 0.500. The molecule has 86 valence electrons. The molecule has 0 aliphatic carbocycles. The van der Waals surface area contributed by atoms with E-state index in [4.69, 9.17) is 0 Å². The summed E-state index contributed by atoms with van der Waals surface area (Å²) in [5, 5.41) is 1.71. The number of thioether (sulfide) groups is 1. The molecule has 0 aromatic carbocycles. The molecule has 0 aromatic heterocycles. The molecule has 0 bridgehead atoms. The van der Waals surface area contributed by atoms with E-state index in [0.29, 0.717) is 0 Å². The quantitative estimate of drug-likeness (QED) is 0.690. The topological polar surface area (TPSA) is 66.5 Å². The summed E-state index contributed by atoms with van der Waals surface area (Å²) in [6.07, 6.45) is 4.42. The van der Waals surface area contributed by atoms with Crippen LogP contribution in [0, 0.1) is 0 Å². The first-order valence-corrected chi connectivity index (χ1v) is 6.02. The van der Waals surface area contributed by atoms with E-state index in [1.165, 1.54) is 6.08 Å². The molecule has 0 spiro atoms. The molecule has 0 atom stereocenters. The standard InChI is InChI=1S/C10H12N2O3S/c13-8(12-4-2-1-3-5-12)6-7-9(14)11-10(15)16-7/h6H,1-5H2,(H,11,14,15)/b7-6+. The monoisotopic (exact) mass is 240 g/mol. The molecule has 2 aliphatic rings. The van der Waals surface area contributed by atoms with E-state index >= 15 is 0 Å². The minimum Gasteiger partial charge on any atom is -0.339 e. The molecule has 0 saturated carbocycles. The Labute approximate surface area is 97.2 Å². The maximum absolute atomic E-state index is 11.8. The number of hydrogen-bond acceptors (Lipinski definition) is 4. The summed E-state index contributed by atoms with van der Waals surface area (Å²) >= 11 is 0.780. The van der Waals surface area contributed by atoms with Crippen molar-refractivity contribution in [3.63, 3.8) is 0 Å². The molecule has 3 amide bonds. The molecule has 2 fully saturated rings. The number of carbonyl (C=O) groups is 3. The number of nitrogens with zero attached hydrogens (tertiary/aromatic N) is 1. The van der Waals surface area contributed by atoms with Crippen molar-refractivity contribution in [2.24, 2.45) is 0 Å². The summed E-state index contributed by atoms with van der Waals surface area (Å²) in [6.45, 7) is 1.48. The molecule has 5 nitrogen and oxygen atoms in total. The molecule has 2 rings (SSSR count). The third-order valence-corrected chi connectivity index (χ3v) is 3.37. The molecule has 2 aliphatic heterocycles. The number of imide groups is 1. The predicted octanol–water partition coefficient (Wildman–Crippen LogP) is 0.866. The Morgan fingerprint density at radius 1 is 1.25 bits per heavy atom. The summed E-state index contributed by atoms with van der Waals surface area (Å²) in [5.41, 5.74) is 0. The molecule has 2 saturated heterocycles. The predicted molar refractivity (Wildman–Crippen MR) is 59.6 cm³/mol. The van der Waals surface area contributed by atoms with Gasteiger partial charge in [0.05, 0.1) is 4.91 Å². The van der Waals surface area contributed by atoms with E-state index in [0.717, 1.165) is 44.1 Å². The first-order chi connectivity index (χ1) is 7.66. The normalized spacial score (nSPS) is 23.8. The zero-order valence-electron chi connectivity index (χ0n) is 8.69. The highest BCUT2D eigenvalue weighted by atomic mass is 32.2.